The number of rotatable bonds is 7. The molecule has 3 aromatic rings. The van der Waals surface area contributed by atoms with Gasteiger partial charge in [-0.3, -0.25) is 4.79 Å². The Balaban J connectivity index is 1.41. The zero-order chi connectivity index (χ0) is 16.8. The van der Waals surface area contributed by atoms with Crippen LogP contribution in [0.15, 0.2) is 54.6 Å². The van der Waals surface area contributed by atoms with Crippen molar-refractivity contribution in [2.75, 3.05) is 12.3 Å². The average molecular weight is 357 g/mol. The molecule has 2 aromatic carbocycles. The van der Waals surface area contributed by atoms with Crippen molar-refractivity contribution in [2.24, 2.45) is 0 Å². The molecule has 124 valence electrons. The molecular weight excluding hydrogens is 336 g/mol. The molecule has 5 heteroatoms. The summed E-state index contributed by atoms with van der Waals surface area (Å²) in [6, 6.07) is 18.4. The van der Waals surface area contributed by atoms with Gasteiger partial charge in [-0.2, -0.15) is 0 Å². The third-order valence-corrected chi connectivity index (χ3v) is 5.93. The van der Waals surface area contributed by atoms with E-state index in [0.717, 1.165) is 16.3 Å². The van der Waals surface area contributed by atoms with Gasteiger partial charge in [-0.1, -0.05) is 49.4 Å². The molecule has 0 aliphatic heterocycles. The van der Waals surface area contributed by atoms with Crippen LogP contribution in [0.25, 0.3) is 10.2 Å². The zero-order valence-electron chi connectivity index (χ0n) is 13.6. The molecule has 0 radical (unpaired) electrons. The molecule has 0 aliphatic carbocycles. The minimum absolute atomic E-state index is 0.0869. The number of carbonyl (C=O) groups excluding carboxylic acids is 1. The Hall–Kier alpha value is -1.85. The summed E-state index contributed by atoms with van der Waals surface area (Å²) in [5.74, 6) is 1.66. The molecule has 0 bridgehead atoms. The van der Waals surface area contributed by atoms with Crippen molar-refractivity contribution in [1.82, 2.24) is 10.3 Å². The Labute approximate surface area is 150 Å². The Morgan fingerprint density at radius 1 is 1.17 bits per heavy atom. The molecule has 0 saturated heterocycles. The SMILES string of the molecule is CC(CNC(=O)CSCc1nc2ccccc2s1)c1ccccc1. The lowest BCUT2D eigenvalue weighted by Crippen LogP contribution is -2.29. The fraction of sp³-hybridized carbons (Fsp3) is 0.263. The van der Waals surface area contributed by atoms with E-state index in [2.05, 4.69) is 35.4 Å². The van der Waals surface area contributed by atoms with Crippen LogP contribution in [0.3, 0.4) is 0 Å². The highest BCUT2D eigenvalue weighted by Gasteiger charge is 2.09. The molecule has 0 saturated carbocycles. The summed E-state index contributed by atoms with van der Waals surface area (Å²) in [4.78, 5) is 16.6. The van der Waals surface area contributed by atoms with Crippen molar-refractivity contribution in [1.29, 1.82) is 0 Å². The van der Waals surface area contributed by atoms with Crippen LogP contribution in [0.4, 0.5) is 0 Å². The molecule has 1 atom stereocenters. The first-order valence-electron chi connectivity index (χ1n) is 7.96. The third-order valence-electron chi connectivity index (χ3n) is 3.77. The van der Waals surface area contributed by atoms with Crippen LogP contribution >= 0.6 is 23.1 Å². The molecule has 1 aromatic heterocycles. The van der Waals surface area contributed by atoms with Crippen molar-refractivity contribution in [3.05, 3.63) is 65.2 Å². The maximum Gasteiger partial charge on any atom is 0.230 e. The molecule has 3 nitrogen and oxygen atoms in total. The van der Waals surface area contributed by atoms with Gasteiger partial charge < -0.3 is 5.32 Å². The van der Waals surface area contributed by atoms with E-state index in [1.807, 2.05) is 36.4 Å². The number of carbonyl (C=O) groups is 1. The Kier molecular flexibility index (Phi) is 5.88. The molecule has 1 N–H and O–H groups in total. The maximum absolute atomic E-state index is 12.0. The molecule has 0 fully saturated rings. The molecule has 24 heavy (non-hydrogen) atoms. The van der Waals surface area contributed by atoms with Crippen LogP contribution in [-0.2, 0) is 10.5 Å². The summed E-state index contributed by atoms with van der Waals surface area (Å²) >= 11 is 3.31. The zero-order valence-corrected chi connectivity index (χ0v) is 15.2. The molecule has 1 amide bonds. The van der Waals surface area contributed by atoms with Gasteiger partial charge in [0.1, 0.15) is 5.01 Å². The predicted octanol–water partition coefficient (Wildman–Crippen LogP) is 4.45. The lowest BCUT2D eigenvalue weighted by molar-refractivity contribution is -0.118. The standard InChI is InChI=1S/C19H20N2OS2/c1-14(15-7-3-2-4-8-15)11-20-18(22)12-23-13-19-21-16-9-5-6-10-17(16)24-19/h2-10,14H,11-13H2,1H3,(H,20,22). The van der Waals surface area contributed by atoms with Gasteiger partial charge in [0, 0.05) is 12.3 Å². The van der Waals surface area contributed by atoms with Crippen LogP contribution in [0.1, 0.15) is 23.4 Å². The molecule has 0 aliphatic rings. The van der Waals surface area contributed by atoms with E-state index in [9.17, 15) is 4.79 Å². The Morgan fingerprint density at radius 2 is 1.92 bits per heavy atom. The maximum atomic E-state index is 12.0. The van der Waals surface area contributed by atoms with Crippen LogP contribution in [-0.4, -0.2) is 23.2 Å². The number of nitrogens with zero attached hydrogens (tertiary/aromatic N) is 1. The summed E-state index contributed by atoms with van der Waals surface area (Å²) in [5, 5.41) is 4.09. The average Bonchev–Trinajstić information content (AvgIpc) is 3.03. The fourth-order valence-electron chi connectivity index (χ4n) is 2.43. The number of amides is 1. The van der Waals surface area contributed by atoms with E-state index in [1.165, 1.54) is 10.3 Å². The van der Waals surface area contributed by atoms with E-state index in [-0.39, 0.29) is 5.91 Å². The summed E-state index contributed by atoms with van der Waals surface area (Å²) < 4.78 is 1.20. The summed E-state index contributed by atoms with van der Waals surface area (Å²) in [5.41, 5.74) is 2.29. The van der Waals surface area contributed by atoms with Crippen LogP contribution in [0.5, 0.6) is 0 Å². The van der Waals surface area contributed by atoms with Crippen molar-refractivity contribution in [3.63, 3.8) is 0 Å². The van der Waals surface area contributed by atoms with Gasteiger partial charge in [-0.15, -0.1) is 23.1 Å². The highest BCUT2D eigenvalue weighted by atomic mass is 32.2. The van der Waals surface area contributed by atoms with Crippen LogP contribution < -0.4 is 5.32 Å². The molecule has 0 spiro atoms. The second-order valence-electron chi connectivity index (χ2n) is 5.68. The number of benzene rings is 2. The molecular formula is C19H20N2OS2. The second kappa shape index (κ2) is 8.31. The van der Waals surface area contributed by atoms with Gasteiger partial charge in [0.05, 0.1) is 16.0 Å². The van der Waals surface area contributed by atoms with Gasteiger partial charge in [-0.05, 0) is 23.6 Å². The van der Waals surface area contributed by atoms with Crippen molar-refractivity contribution in [2.45, 2.75) is 18.6 Å². The first kappa shape index (κ1) is 17.0. The third kappa shape index (κ3) is 4.58. The van der Waals surface area contributed by atoms with Crippen molar-refractivity contribution >= 4 is 39.2 Å². The van der Waals surface area contributed by atoms with E-state index in [0.29, 0.717) is 18.2 Å². The number of nitrogens with one attached hydrogen (secondary N) is 1. The van der Waals surface area contributed by atoms with Gasteiger partial charge in [0.15, 0.2) is 0 Å². The quantitative estimate of drug-likeness (QED) is 0.680. The summed E-state index contributed by atoms with van der Waals surface area (Å²) in [6.45, 7) is 2.80. The van der Waals surface area contributed by atoms with Gasteiger partial charge in [0.2, 0.25) is 5.91 Å². The highest BCUT2D eigenvalue weighted by Crippen LogP contribution is 2.24. The smallest absolute Gasteiger partial charge is 0.230 e. The van der Waals surface area contributed by atoms with E-state index in [1.54, 1.807) is 23.1 Å². The molecule has 3 rings (SSSR count). The number of thioether (sulfide) groups is 1. The number of para-hydroxylation sites is 1. The molecule has 1 unspecified atom stereocenters. The number of hydrogen-bond acceptors (Lipinski definition) is 4. The summed E-state index contributed by atoms with van der Waals surface area (Å²) in [7, 11) is 0. The number of hydrogen-bond donors (Lipinski definition) is 1. The lowest BCUT2D eigenvalue weighted by atomic mass is 10.0. The first-order valence-corrected chi connectivity index (χ1v) is 9.93. The minimum atomic E-state index is 0.0869. The topological polar surface area (TPSA) is 42.0 Å². The number of fused-ring (bicyclic) bond motifs is 1. The highest BCUT2D eigenvalue weighted by molar-refractivity contribution is 7.99. The monoisotopic (exact) mass is 356 g/mol. The Bertz CT molecular complexity index is 768. The number of thiazole rings is 1. The van der Waals surface area contributed by atoms with Crippen molar-refractivity contribution in [3.8, 4) is 0 Å². The van der Waals surface area contributed by atoms with Crippen molar-refractivity contribution < 1.29 is 4.79 Å². The van der Waals surface area contributed by atoms with Crippen LogP contribution in [0.2, 0.25) is 0 Å². The van der Waals surface area contributed by atoms with E-state index in [4.69, 9.17) is 0 Å². The summed E-state index contributed by atoms with van der Waals surface area (Å²) in [6.07, 6.45) is 0. The predicted molar refractivity (Wildman–Crippen MR) is 104 cm³/mol. The second-order valence-corrected chi connectivity index (χ2v) is 7.78. The normalized spacial score (nSPS) is 12.2. The van der Waals surface area contributed by atoms with Gasteiger partial charge >= 0.3 is 0 Å². The minimum Gasteiger partial charge on any atom is -0.355 e. The Morgan fingerprint density at radius 3 is 2.71 bits per heavy atom. The van der Waals surface area contributed by atoms with Gasteiger partial charge in [-0.25, -0.2) is 4.98 Å². The first-order chi connectivity index (χ1) is 11.7. The molecule has 1 heterocycles. The lowest BCUT2D eigenvalue weighted by Gasteiger charge is -2.12. The fourth-order valence-corrected chi connectivity index (χ4v) is 4.31. The van der Waals surface area contributed by atoms with E-state index >= 15 is 0 Å². The largest absolute Gasteiger partial charge is 0.355 e. The van der Waals surface area contributed by atoms with Crippen LogP contribution in [0, 0.1) is 0 Å². The number of aromatic nitrogens is 1. The van der Waals surface area contributed by atoms with E-state index < -0.39 is 0 Å². The van der Waals surface area contributed by atoms with Gasteiger partial charge in [0.25, 0.3) is 0 Å².